The van der Waals surface area contributed by atoms with Crippen molar-refractivity contribution in [1.29, 1.82) is 0 Å². The van der Waals surface area contributed by atoms with Gasteiger partial charge in [0.1, 0.15) is 0 Å². The molecule has 2 nitrogen and oxygen atoms in total. The van der Waals surface area contributed by atoms with Crippen LogP contribution in [0, 0.1) is 0 Å². The van der Waals surface area contributed by atoms with E-state index < -0.39 is 0 Å². The highest BCUT2D eigenvalue weighted by Gasteiger charge is 2.52. The van der Waals surface area contributed by atoms with Crippen molar-refractivity contribution in [3.63, 3.8) is 0 Å². The van der Waals surface area contributed by atoms with Crippen molar-refractivity contribution in [2.75, 3.05) is 16.8 Å². The van der Waals surface area contributed by atoms with Crippen LogP contribution in [0.15, 0.2) is 266 Å². The molecular weight excluding hydrogens is 925 g/mol. The number of anilines is 5. The van der Waals surface area contributed by atoms with Gasteiger partial charge in [-0.15, -0.1) is 11.3 Å². The molecule has 15 rings (SSSR count). The summed E-state index contributed by atoms with van der Waals surface area (Å²) in [5, 5.41) is 5.06. The molecule has 0 unspecified atom stereocenters. The highest BCUT2D eigenvalue weighted by Crippen LogP contribution is 2.64. The first-order valence-corrected chi connectivity index (χ1v) is 27.0. The van der Waals surface area contributed by atoms with Gasteiger partial charge < -0.3 is 9.80 Å². The second-order valence-electron chi connectivity index (χ2n) is 20.3. The van der Waals surface area contributed by atoms with Crippen LogP contribution < -0.4 is 9.80 Å². The molecule has 12 aromatic rings. The lowest BCUT2D eigenvalue weighted by molar-refractivity contribution is 0.780. The van der Waals surface area contributed by atoms with Crippen molar-refractivity contribution >= 4 is 76.3 Å². The standard InChI is InChI=1S/C72H50N2S/c1-73(52-23-9-4-10-24-52)67-41-35-50(43-60(67)49-21-7-3-8-22-49)51-36-42-69-62(44-51)71-59-29-12-11-28-58(59)68(46-70(71)75-69)74(53-37-33-48(34-38-53)47-19-5-2-6-20-47)54-39-40-66-61(45-54)57-27-15-18-32-65(57)72(66)63-30-16-13-25-55(63)56-26-14-17-31-64(56)72/h2-14,16-26,28-46H,15,27H2,1H3. The molecule has 0 atom stereocenters. The van der Waals surface area contributed by atoms with Gasteiger partial charge in [0.25, 0.3) is 0 Å². The van der Waals surface area contributed by atoms with E-state index in [2.05, 4.69) is 278 Å². The first-order valence-electron chi connectivity index (χ1n) is 26.2. The largest absolute Gasteiger partial charge is 0.344 e. The molecule has 0 bridgehead atoms. The van der Waals surface area contributed by atoms with Gasteiger partial charge in [0.15, 0.2) is 0 Å². The Kier molecular flexibility index (Phi) is 10.0. The molecule has 0 fully saturated rings. The van der Waals surface area contributed by atoms with Crippen LogP contribution in [0.5, 0.6) is 0 Å². The third-order valence-electron chi connectivity index (χ3n) is 16.4. The van der Waals surface area contributed by atoms with Crippen molar-refractivity contribution in [1.82, 2.24) is 0 Å². The lowest BCUT2D eigenvalue weighted by Gasteiger charge is -2.32. The van der Waals surface area contributed by atoms with E-state index in [1.165, 1.54) is 120 Å². The molecule has 0 radical (unpaired) electrons. The van der Waals surface area contributed by atoms with Gasteiger partial charge in [-0.3, -0.25) is 0 Å². The summed E-state index contributed by atoms with van der Waals surface area (Å²) < 4.78 is 2.55. The number of rotatable bonds is 8. The number of fused-ring (bicyclic) bond motifs is 14. The third-order valence-corrected chi connectivity index (χ3v) is 17.5. The maximum Gasteiger partial charge on any atom is 0.0722 e. The average Bonchev–Trinajstić information content (AvgIpc) is 4.20. The Hall–Kier alpha value is -9.02. The topological polar surface area (TPSA) is 6.48 Å². The first kappa shape index (κ1) is 43.6. The minimum Gasteiger partial charge on any atom is -0.344 e. The number of allylic oxidation sites excluding steroid dienone is 4. The molecule has 1 aromatic heterocycles. The summed E-state index contributed by atoms with van der Waals surface area (Å²) in [7, 11) is 2.16. The van der Waals surface area contributed by atoms with E-state index in [1.807, 2.05) is 11.3 Å². The van der Waals surface area contributed by atoms with Gasteiger partial charge in [0.05, 0.1) is 11.1 Å². The zero-order valence-corrected chi connectivity index (χ0v) is 42.4. The van der Waals surface area contributed by atoms with Crippen LogP contribution in [-0.4, -0.2) is 7.05 Å². The second kappa shape index (κ2) is 17.3. The summed E-state index contributed by atoms with van der Waals surface area (Å²) >= 11 is 1.89. The molecule has 354 valence electrons. The number of benzene rings is 11. The summed E-state index contributed by atoms with van der Waals surface area (Å²) in [6, 6.07) is 92.6. The maximum absolute atomic E-state index is 2.53. The summed E-state index contributed by atoms with van der Waals surface area (Å²) in [6.45, 7) is 0. The van der Waals surface area contributed by atoms with Gasteiger partial charge in [-0.05, 0) is 157 Å². The van der Waals surface area contributed by atoms with Crippen molar-refractivity contribution in [2.24, 2.45) is 0 Å². The van der Waals surface area contributed by atoms with Gasteiger partial charge >= 0.3 is 0 Å². The Balaban J connectivity index is 0.913. The second-order valence-corrected chi connectivity index (χ2v) is 21.4. The van der Waals surface area contributed by atoms with Crippen molar-refractivity contribution < 1.29 is 0 Å². The molecule has 1 spiro atoms. The lowest BCUT2D eigenvalue weighted by atomic mass is 9.69. The zero-order chi connectivity index (χ0) is 49.6. The molecule has 3 heteroatoms. The molecule has 3 aliphatic carbocycles. The van der Waals surface area contributed by atoms with E-state index in [4.69, 9.17) is 0 Å². The lowest BCUT2D eigenvalue weighted by Crippen LogP contribution is -2.27. The fourth-order valence-corrected chi connectivity index (χ4v) is 14.1. The number of nitrogens with zero attached hydrogens (tertiary/aromatic N) is 2. The fraction of sp³-hybridized carbons (Fsp3) is 0.0556. The molecular formula is C72H50N2S. The van der Waals surface area contributed by atoms with Crippen LogP contribution in [0.25, 0.3) is 81.0 Å². The molecule has 75 heavy (non-hydrogen) atoms. The van der Waals surface area contributed by atoms with Crippen LogP contribution in [0.4, 0.5) is 28.4 Å². The van der Waals surface area contributed by atoms with Crippen molar-refractivity contribution in [2.45, 2.75) is 18.3 Å². The smallest absolute Gasteiger partial charge is 0.0722 e. The molecule has 0 saturated heterocycles. The van der Waals surface area contributed by atoms with Crippen LogP contribution in [0.3, 0.4) is 0 Å². The Morgan fingerprint density at radius 3 is 1.72 bits per heavy atom. The van der Waals surface area contributed by atoms with E-state index in [1.54, 1.807) is 0 Å². The highest BCUT2D eigenvalue weighted by atomic mass is 32.1. The van der Waals surface area contributed by atoms with Gasteiger partial charge in [-0.2, -0.15) is 0 Å². The number of para-hydroxylation sites is 1. The molecule has 0 amide bonds. The molecule has 11 aromatic carbocycles. The number of hydrogen-bond donors (Lipinski definition) is 0. The van der Waals surface area contributed by atoms with Gasteiger partial charge in [0.2, 0.25) is 0 Å². The average molecular weight is 975 g/mol. The molecule has 0 N–H and O–H groups in total. The van der Waals surface area contributed by atoms with E-state index in [0.717, 1.165) is 29.9 Å². The molecule has 1 heterocycles. The first-order chi connectivity index (χ1) is 37.1. The van der Waals surface area contributed by atoms with E-state index in [9.17, 15) is 0 Å². The monoisotopic (exact) mass is 974 g/mol. The van der Waals surface area contributed by atoms with E-state index in [-0.39, 0.29) is 5.41 Å². The maximum atomic E-state index is 2.53. The summed E-state index contributed by atoms with van der Waals surface area (Å²) in [4.78, 5) is 4.83. The Morgan fingerprint density at radius 1 is 0.387 bits per heavy atom. The summed E-state index contributed by atoms with van der Waals surface area (Å²) in [6.07, 6.45) is 6.90. The van der Waals surface area contributed by atoms with Crippen LogP contribution in [0.2, 0.25) is 0 Å². The van der Waals surface area contributed by atoms with E-state index >= 15 is 0 Å². The SMILES string of the molecule is CN(c1ccccc1)c1ccc(-c2ccc3sc4cc(N(c5ccc(-c6ccccc6)cc5)c5ccc6c(c5)C5=C(C=CCC5)C65c6ccccc6-c6ccccc65)c5ccccc5c4c3c2)cc1-c1ccccc1. The molecule has 0 aliphatic heterocycles. The minimum atomic E-state index is -0.360. The quantitative estimate of drug-likeness (QED) is 0.150. The van der Waals surface area contributed by atoms with E-state index in [0.29, 0.717) is 0 Å². The normalized spacial score (nSPS) is 13.8. The zero-order valence-electron chi connectivity index (χ0n) is 41.5. The predicted molar refractivity (Wildman–Crippen MR) is 319 cm³/mol. The van der Waals surface area contributed by atoms with Crippen LogP contribution in [-0.2, 0) is 5.41 Å². The Morgan fingerprint density at radius 2 is 0.973 bits per heavy atom. The predicted octanol–water partition coefficient (Wildman–Crippen LogP) is 19.9. The highest BCUT2D eigenvalue weighted by molar-refractivity contribution is 7.26. The molecule has 3 aliphatic rings. The fourth-order valence-electron chi connectivity index (χ4n) is 13.0. The Labute approximate surface area is 442 Å². The van der Waals surface area contributed by atoms with Crippen LogP contribution >= 0.6 is 11.3 Å². The number of thiophene rings is 1. The van der Waals surface area contributed by atoms with Crippen molar-refractivity contribution in [3.05, 3.63) is 289 Å². The Bertz CT molecular complexity index is 4250. The number of hydrogen-bond acceptors (Lipinski definition) is 3. The molecule has 0 saturated carbocycles. The third kappa shape index (κ3) is 6.71. The van der Waals surface area contributed by atoms with Crippen LogP contribution in [0.1, 0.15) is 35.1 Å². The van der Waals surface area contributed by atoms with Gasteiger partial charge in [0, 0.05) is 60.9 Å². The minimum absolute atomic E-state index is 0.360. The summed E-state index contributed by atoms with van der Waals surface area (Å²) in [5.41, 5.74) is 23.7. The van der Waals surface area contributed by atoms with Gasteiger partial charge in [-0.1, -0.05) is 194 Å². The van der Waals surface area contributed by atoms with Gasteiger partial charge in [-0.25, -0.2) is 0 Å². The van der Waals surface area contributed by atoms with Crippen molar-refractivity contribution in [3.8, 4) is 44.5 Å². The summed E-state index contributed by atoms with van der Waals surface area (Å²) in [5.74, 6) is 0.